The summed E-state index contributed by atoms with van der Waals surface area (Å²) in [7, 11) is 0. The number of ether oxygens (including phenoxy) is 2. The van der Waals surface area contributed by atoms with Crippen LogP contribution in [0, 0.1) is 0 Å². The van der Waals surface area contributed by atoms with Crippen LogP contribution < -0.4 is 11.1 Å². The third-order valence-corrected chi connectivity index (χ3v) is 7.67. The van der Waals surface area contributed by atoms with Gasteiger partial charge in [-0.05, 0) is 62.1 Å². The van der Waals surface area contributed by atoms with Crippen LogP contribution in [0.25, 0.3) is 21.3 Å². The topological polar surface area (TPSA) is 120 Å². The van der Waals surface area contributed by atoms with Crippen LogP contribution >= 0.6 is 22.9 Å². The summed E-state index contributed by atoms with van der Waals surface area (Å²) < 4.78 is 13.1. The molecule has 1 saturated heterocycles. The molecular formula is C26H25ClN4O4S. The summed E-state index contributed by atoms with van der Waals surface area (Å²) in [6.07, 6.45) is 0.575. The summed E-state index contributed by atoms with van der Waals surface area (Å²) in [5, 5.41) is 12.6. The van der Waals surface area contributed by atoms with E-state index in [2.05, 4.69) is 15.3 Å². The monoisotopic (exact) mass is 524 g/mol. The smallest absolute Gasteiger partial charge is 0.410 e. The van der Waals surface area contributed by atoms with Crippen LogP contribution in [0.15, 0.2) is 54.7 Å². The molecule has 2 atom stereocenters. The van der Waals surface area contributed by atoms with Gasteiger partial charge in [0.1, 0.15) is 11.4 Å². The number of pyridine rings is 2. The summed E-state index contributed by atoms with van der Waals surface area (Å²) in [6, 6.07) is 14.5. The molecule has 10 heteroatoms. The van der Waals surface area contributed by atoms with Gasteiger partial charge in [0.15, 0.2) is 5.79 Å². The Morgan fingerprint density at radius 3 is 2.75 bits per heavy atom. The molecule has 1 amide bonds. The Bertz CT molecular complexity index is 1470. The van der Waals surface area contributed by atoms with Crippen molar-refractivity contribution in [2.75, 3.05) is 11.9 Å². The second kappa shape index (κ2) is 9.10. The first-order valence-corrected chi connectivity index (χ1v) is 12.5. The number of nitrogens with zero attached hydrogens (tertiary/aromatic N) is 2. The molecule has 1 aromatic carbocycles. The summed E-state index contributed by atoms with van der Waals surface area (Å²) in [4.78, 5) is 20.8. The minimum Gasteiger partial charge on any atom is -0.465 e. The number of amides is 1. The Kier molecular flexibility index (Phi) is 6.22. The average Bonchev–Trinajstić information content (AvgIpc) is 3.40. The SMILES string of the molecule is CC1(C)OCC(C)(c2ccnc(-c3cccc4cc(C(N)c5nc(NC(=O)O)ccc5Cl)sc34)c2)O1. The fraction of sp³-hybridized carbons (Fsp3) is 0.269. The van der Waals surface area contributed by atoms with E-state index >= 15 is 0 Å². The van der Waals surface area contributed by atoms with E-state index in [4.69, 9.17) is 31.9 Å². The Hall–Kier alpha value is -3.08. The molecule has 2 unspecified atom stereocenters. The Balaban J connectivity index is 1.52. The summed E-state index contributed by atoms with van der Waals surface area (Å²) in [5.41, 5.74) is 9.16. The lowest BCUT2D eigenvalue weighted by Crippen LogP contribution is -2.28. The van der Waals surface area contributed by atoms with E-state index in [-0.39, 0.29) is 5.82 Å². The Labute approximate surface area is 217 Å². The van der Waals surface area contributed by atoms with Crippen LogP contribution in [0.4, 0.5) is 10.6 Å². The van der Waals surface area contributed by atoms with E-state index in [1.54, 1.807) is 12.3 Å². The summed E-state index contributed by atoms with van der Waals surface area (Å²) >= 11 is 7.90. The van der Waals surface area contributed by atoms with Crippen LogP contribution in [0.1, 0.15) is 42.9 Å². The molecule has 36 heavy (non-hydrogen) atoms. The molecule has 0 aliphatic carbocycles. The number of aromatic nitrogens is 2. The molecular weight excluding hydrogens is 500 g/mol. The van der Waals surface area contributed by atoms with Crippen LogP contribution in [0.5, 0.6) is 0 Å². The van der Waals surface area contributed by atoms with E-state index in [0.717, 1.165) is 31.8 Å². The molecule has 0 radical (unpaired) electrons. The van der Waals surface area contributed by atoms with Crippen molar-refractivity contribution in [3.63, 3.8) is 0 Å². The zero-order valence-electron chi connectivity index (χ0n) is 19.9. The predicted molar refractivity (Wildman–Crippen MR) is 140 cm³/mol. The molecule has 0 bridgehead atoms. The number of carboxylic acid groups (broad SMARTS) is 1. The van der Waals surface area contributed by atoms with Gasteiger partial charge in [-0.2, -0.15) is 0 Å². The number of hydrogen-bond donors (Lipinski definition) is 3. The number of rotatable bonds is 5. The van der Waals surface area contributed by atoms with Gasteiger partial charge in [-0.15, -0.1) is 11.3 Å². The molecule has 186 valence electrons. The van der Waals surface area contributed by atoms with Gasteiger partial charge in [-0.3, -0.25) is 10.3 Å². The van der Waals surface area contributed by atoms with Crippen LogP contribution in [-0.4, -0.2) is 33.6 Å². The lowest BCUT2D eigenvalue weighted by Gasteiger charge is -2.25. The number of hydrogen-bond acceptors (Lipinski definition) is 7. The number of fused-ring (bicyclic) bond motifs is 1. The van der Waals surface area contributed by atoms with Crippen molar-refractivity contribution in [3.05, 3.63) is 75.9 Å². The zero-order valence-corrected chi connectivity index (χ0v) is 21.5. The first-order valence-electron chi connectivity index (χ1n) is 11.3. The van der Waals surface area contributed by atoms with Gasteiger partial charge in [-0.25, -0.2) is 9.78 Å². The van der Waals surface area contributed by atoms with Gasteiger partial charge in [0.25, 0.3) is 0 Å². The number of carbonyl (C=O) groups is 1. The van der Waals surface area contributed by atoms with Crippen LogP contribution in [0.2, 0.25) is 5.02 Å². The van der Waals surface area contributed by atoms with Crippen molar-refractivity contribution in [1.29, 1.82) is 0 Å². The maximum atomic E-state index is 11.0. The van der Waals surface area contributed by atoms with Crippen molar-refractivity contribution in [1.82, 2.24) is 9.97 Å². The highest BCUT2D eigenvalue weighted by Crippen LogP contribution is 2.41. The van der Waals surface area contributed by atoms with Gasteiger partial charge in [0, 0.05) is 21.3 Å². The van der Waals surface area contributed by atoms with E-state index < -0.39 is 23.5 Å². The molecule has 0 spiro atoms. The van der Waals surface area contributed by atoms with Gasteiger partial charge in [0.05, 0.1) is 29.1 Å². The van der Waals surface area contributed by atoms with E-state index in [9.17, 15) is 4.79 Å². The fourth-order valence-electron chi connectivity index (χ4n) is 4.39. The number of anilines is 1. The minimum absolute atomic E-state index is 0.162. The highest BCUT2D eigenvalue weighted by molar-refractivity contribution is 7.19. The largest absolute Gasteiger partial charge is 0.465 e. The van der Waals surface area contributed by atoms with Gasteiger partial charge in [0.2, 0.25) is 0 Å². The standard InChI is InChI=1S/C26H25ClN4O4S/c1-25(2)34-13-26(3,35-25)15-9-10-29-18(12-15)16-6-4-5-14-11-19(36-23(14)16)21(28)22-17(27)7-8-20(30-22)31-24(32)33/h4-12,21H,13,28H2,1-3H3,(H,30,31)(H,32,33). The predicted octanol–water partition coefficient (Wildman–Crippen LogP) is 6.15. The quantitative estimate of drug-likeness (QED) is 0.286. The molecule has 8 nitrogen and oxygen atoms in total. The third kappa shape index (κ3) is 4.68. The van der Waals surface area contributed by atoms with Crippen LogP contribution in [0.3, 0.4) is 0 Å². The van der Waals surface area contributed by atoms with Gasteiger partial charge < -0.3 is 20.3 Å². The van der Waals surface area contributed by atoms with Crippen molar-refractivity contribution in [3.8, 4) is 11.3 Å². The summed E-state index contributed by atoms with van der Waals surface area (Å²) in [6.45, 7) is 6.29. The van der Waals surface area contributed by atoms with Crippen molar-refractivity contribution < 1.29 is 19.4 Å². The highest BCUT2D eigenvalue weighted by atomic mass is 35.5. The number of nitrogens with one attached hydrogen (secondary N) is 1. The lowest BCUT2D eigenvalue weighted by atomic mass is 9.96. The van der Waals surface area contributed by atoms with Gasteiger partial charge >= 0.3 is 6.09 Å². The lowest BCUT2D eigenvalue weighted by molar-refractivity contribution is -0.159. The Morgan fingerprint density at radius 1 is 1.22 bits per heavy atom. The normalized spacial score (nSPS) is 19.9. The number of halogens is 1. The molecule has 1 fully saturated rings. The summed E-state index contributed by atoms with van der Waals surface area (Å²) in [5.74, 6) is -0.487. The molecule has 5 rings (SSSR count). The molecule has 4 aromatic rings. The fourth-order valence-corrected chi connectivity index (χ4v) is 5.80. The van der Waals surface area contributed by atoms with E-state index in [0.29, 0.717) is 17.3 Å². The molecule has 4 N–H and O–H groups in total. The second-order valence-corrected chi connectivity index (χ2v) is 10.8. The highest BCUT2D eigenvalue weighted by Gasteiger charge is 2.43. The van der Waals surface area contributed by atoms with Crippen molar-refractivity contribution in [2.45, 2.75) is 38.2 Å². The number of thiophene rings is 1. The third-order valence-electron chi connectivity index (χ3n) is 6.09. The Morgan fingerprint density at radius 2 is 2.03 bits per heavy atom. The van der Waals surface area contributed by atoms with Crippen LogP contribution in [-0.2, 0) is 15.1 Å². The maximum absolute atomic E-state index is 11.0. The molecule has 1 aliphatic heterocycles. The zero-order chi connectivity index (χ0) is 25.7. The van der Waals surface area contributed by atoms with E-state index in [1.807, 2.05) is 57.2 Å². The molecule has 1 aliphatic rings. The van der Waals surface area contributed by atoms with Crippen molar-refractivity contribution in [2.24, 2.45) is 5.73 Å². The number of nitrogens with two attached hydrogens (primary N) is 1. The molecule has 4 heterocycles. The second-order valence-electron chi connectivity index (χ2n) is 9.30. The number of benzene rings is 1. The maximum Gasteiger partial charge on any atom is 0.410 e. The minimum atomic E-state index is -1.21. The average molecular weight is 525 g/mol. The molecule has 0 saturated carbocycles. The van der Waals surface area contributed by atoms with Gasteiger partial charge in [-0.1, -0.05) is 29.8 Å². The first kappa shape index (κ1) is 24.6. The van der Waals surface area contributed by atoms with E-state index in [1.165, 1.54) is 17.4 Å². The first-order chi connectivity index (χ1) is 17.0. The molecule has 3 aromatic heterocycles. The van der Waals surface area contributed by atoms with Crippen molar-refractivity contribution >= 4 is 44.9 Å².